The molecule has 1 aromatic carbocycles. The number of hydrogen-bond donors (Lipinski definition) is 1. The summed E-state index contributed by atoms with van der Waals surface area (Å²) >= 11 is 0. The van der Waals surface area contributed by atoms with Crippen molar-refractivity contribution in [1.82, 2.24) is 10.3 Å². The highest BCUT2D eigenvalue weighted by atomic mass is 16.6. The number of rotatable bonds is 5. The topological polar surface area (TPSA) is 120 Å². The van der Waals surface area contributed by atoms with Gasteiger partial charge in [0.15, 0.2) is 18.2 Å². The molecule has 38 heavy (non-hydrogen) atoms. The quantitative estimate of drug-likeness (QED) is 0.628. The minimum atomic E-state index is -0.595. The maximum absolute atomic E-state index is 13.0. The number of nitrogens with one attached hydrogen (secondary N) is 1. The Bertz CT molecular complexity index is 1230. The molecule has 1 saturated carbocycles. The van der Waals surface area contributed by atoms with Crippen LogP contribution in [0.15, 0.2) is 36.4 Å². The number of pyridine rings is 1. The minimum Gasteiger partial charge on any atom is -0.497 e. The summed E-state index contributed by atoms with van der Waals surface area (Å²) in [6, 6.07) is 10.5. The van der Waals surface area contributed by atoms with Crippen LogP contribution in [0.2, 0.25) is 0 Å². The molecule has 3 heterocycles. The molecule has 0 bridgehead atoms. The number of benzene rings is 1. The Morgan fingerprint density at radius 3 is 2.61 bits per heavy atom. The number of ether oxygens (including phenoxy) is 4. The first-order chi connectivity index (χ1) is 18.1. The predicted octanol–water partition coefficient (Wildman–Crippen LogP) is 3.79. The van der Waals surface area contributed by atoms with Gasteiger partial charge in [-0.1, -0.05) is 12.1 Å². The van der Waals surface area contributed by atoms with Crippen LogP contribution in [0, 0.1) is 0 Å². The molecule has 2 fully saturated rings. The van der Waals surface area contributed by atoms with Gasteiger partial charge in [0.05, 0.1) is 19.7 Å². The number of anilines is 2. The third-order valence-electron chi connectivity index (χ3n) is 6.74. The number of fused-ring (bicyclic) bond motifs is 2. The fraction of sp³-hybridized carbons (Fsp3) is 0.481. The second kappa shape index (κ2) is 10.0. The van der Waals surface area contributed by atoms with Gasteiger partial charge in [-0.15, -0.1) is 0 Å². The predicted molar refractivity (Wildman–Crippen MR) is 137 cm³/mol. The van der Waals surface area contributed by atoms with Gasteiger partial charge in [0, 0.05) is 12.5 Å². The van der Waals surface area contributed by atoms with Crippen LogP contribution in [0.5, 0.6) is 11.5 Å². The smallest absolute Gasteiger partial charge is 0.416 e. The summed E-state index contributed by atoms with van der Waals surface area (Å²) in [7, 11) is 1.60. The zero-order chi connectivity index (χ0) is 27.0. The van der Waals surface area contributed by atoms with Crippen molar-refractivity contribution in [2.24, 2.45) is 0 Å². The second-order valence-electron chi connectivity index (χ2n) is 10.6. The van der Waals surface area contributed by atoms with Gasteiger partial charge < -0.3 is 24.3 Å². The molecule has 5 rings (SSSR count). The molecule has 1 aromatic heterocycles. The average molecular weight is 525 g/mol. The standard InChI is InChI=1S/C27H32N4O7/c1-27(2,3)38-25(33)28-17-7-10-19-21(13-17)37-26(34)31(19)22-12-11-20-24(29-22)30(23(32)15-36-20)14-16-5-8-18(35-4)9-6-16/h5-6,8-9,11-12,17,19,21H,7,10,13-15H2,1-4H3,(H,28,33)/t17-,19-,21-/m0/s1. The molecule has 2 aromatic rings. The van der Waals surface area contributed by atoms with E-state index in [1.165, 1.54) is 0 Å². The van der Waals surface area contributed by atoms with E-state index < -0.39 is 23.9 Å². The summed E-state index contributed by atoms with van der Waals surface area (Å²) in [5.41, 5.74) is 0.304. The SMILES string of the molecule is COc1ccc(CN2C(=O)COc3ccc(N4C(=O)O[C@H]5C[C@@H](NC(=O)OC(C)(C)C)CC[C@@H]54)nc32)cc1. The molecule has 1 N–H and O–H groups in total. The van der Waals surface area contributed by atoms with Crippen LogP contribution < -0.4 is 24.6 Å². The molecule has 3 amide bonds. The lowest BCUT2D eigenvalue weighted by Gasteiger charge is -2.34. The van der Waals surface area contributed by atoms with Gasteiger partial charge in [-0.05, 0) is 63.4 Å². The Morgan fingerprint density at radius 1 is 1.13 bits per heavy atom. The molecule has 11 nitrogen and oxygen atoms in total. The molecule has 3 aliphatic rings. The number of aromatic nitrogens is 1. The molecular formula is C27H32N4O7. The third-order valence-corrected chi connectivity index (χ3v) is 6.74. The summed E-state index contributed by atoms with van der Waals surface area (Å²) in [6.07, 6.45) is 0.351. The van der Waals surface area contributed by atoms with Crippen LogP contribution in [0.3, 0.4) is 0 Å². The zero-order valence-electron chi connectivity index (χ0n) is 21.9. The van der Waals surface area contributed by atoms with Gasteiger partial charge in [-0.25, -0.2) is 14.6 Å². The van der Waals surface area contributed by atoms with Crippen molar-refractivity contribution in [3.8, 4) is 11.5 Å². The zero-order valence-corrected chi connectivity index (χ0v) is 21.9. The summed E-state index contributed by atoms with van der Waals surface area (Å²) in [5.74, 6) is 1.70. The number of methoxy groups -OCH3 is 1. The van der Waals surface area contributed by atoms with Crippen LogP contribution in [-0.2, 0) is 20.8 Å². The number of amides is 3. The molecule has 1 saturated heterocycles. The molecule has 3 atom stereocenters. The Hall–Kier alpha value is -4.02. The lowest BCUT2D eigenvalue weighted by molar-refractivity contribution is -0.121. The number of carbonyl (C=O) groups is 3. The van der Waals surface area contributed by atoms with Gasteiger partial charge in [-0.2, -0.15) is 0 Å². The highest BCUT2D eigenvalue weighted by Crippen LogP contribution is 2.39. The van der Waals surface area contributed by atoms with E-state index in [9.17, 15) is 14.4 Å². The Morgan fingerprint density at radius 2 is 1.89 bits per heavy atom. The average Bonchev–Trinajstić information content (AvgIpc) is 3.19. The third kappa shape index (κ3) is 5.32. The first-order valence-electron chi connectivity index (χ1n) is 12.7. The first-order valence-corrected chi connectivity index (χ1v) is 12.7. The fourth-order valence-electron chi connectivity index (χ4n) is 5.00. The van der Waals surface area contributed by atoms with Gasteiger partial charge in [0.25, 0.3) is 5.91 Å². The monoisotopic (exact) mass is 524 g/mol. The van der Waals surface area contributed by atoms with E-state index in [2.05, 4.69) is 5.32 Å². The molecule has 0 unspecified atom stereocenters. The van der Waals surface area contributed by atoms with Crippen LogP contribution in [-0.4, -0.2) is 60.6 Å². The molecule has 1 aliphatic carbocycles. The summed E-state index contributed by atoms with van der Waals surface area (Å²) < 4.78 is 21.9. The van der Waals surface area contributed by atoms with Crippen molar-refractivity contribution in [2.45, 2.75) is 70.4 Å². The van der Waals surface area contributed by atoms with E-state index in [-0.39, 0.29) is 24.6 Å². The van der Waals surface area contributed by atoms with Gasteiger partial charge >= 0.3 is 12.2 Å². The van der Waals surface area contributed by atoms with Crippen molar-refractivity contribution < 1.29 is 33.3 Å². The van der Waals surface area contributed by atoms with Crippen molar-refractivity contribution in [3.05, 3.63) is 42.0 Å². The molecular weight excluding hydrogens is 492 g/mol. The maximum atomic E-state index is 13.0. The van der Waals surface area contributed by atoms with E-state index in [0.29, 0.717) is 43.2 Å². The highest BCUT2D eigenvalue weighted by molar-refractivity contribution is 5.97. The van der Waals surface area contributed by atoms with Crippen molar-refractivity contribution in [3.63, 3.8) is 0 Å². The van der Waals surface area contributed by atoms with Crippen molar-refractivity contribution in [1.29, 1.82) is 0 Å². The van der Waals surface area contributed by atoms with Crippen LogP contribution in [0.25, 0.3) is 0 Å². The van der Waals surface area contributed by atoms with Gasteiger partial charge in [0.1, 0.15) is 23.3 Å². The lowest BCUT2D eigenvalue weighted by Crippen LogP contribution is -2.48. The minimum absolute atomic E-state index is 0.0906. The Kier molecular flexibility index (Phi) is 6.77. The summed E-state index contributed by atoms with van der Waals surface area (Å²) in [6.45, 7) is 5.63. The summed E-state index contributed by atoms with van der Waals surface area (Å²) in [4.78, 5) is 45.8. The molecule has 0 radical (unpaired) electrons. The highest BCUT2D eigenvalue weighted by Gasteiger charge is 2.47. The molecule has 11 heteroatoms. The Labute approximate surface area is 221 Å². The Balaban J connectivity index is 1.32. The largest absolute Gasteiger partial charge is 0.497 e. The fourth-order valence-corrected chi connectivity index (χ4v) is 5.00. The van der Waals surface area contributed by atoms with E-state index in [1.807, 2.05) is 45.0 Å². The van der Waals surface area contributed by atoms with Crippen molar-refractivity contribution >= 4 is 29.7 Å². The number of alkyl carbamates (subject to hydrolysis) is 1. The maximum Gasteiger partial charge on any atom is 0.416 e. The normalized spacial score (nSPS) is 22.7. The molecule has 2 aliphatic heterocycles. The first kappa shape index (κ1) is 25.6. The number of nitrogens with zero attached hydrogens (tertiary/aromatic N) is 3. The van der Waals surface area contributed by atoms with Gasteiger partial charge in [-0.3, -0.25) is 14.6 Å². The lowest BCUT2D eigenvalue weighted by atomic mass is 9.88. The summed E-state index contributed by atoms with van der Waals surface area (Å²) in [5, 5.41) is 2.88. The van der Waals surface area contributed by atoms with Crippen LogP contribution in [0.4, 0.5) is 21.2 Å². The van der Waals surface area contributed by atoms with E-state index in [1.54, 1.807) is 29.0 Å². The second-order valence-corrected chi connectivity index (χ2v) is 10.6. The van der Waals surface area contributed by atoms with Gasteiger partial charge in [0.2, 0.25) is 0 Å². The van der Waals surface area contributed by atoms with Crippen molar-refractivity contribution in [2.75, 3.05) is 23.5 Å². The van der Waals surface area contributed by atoms with E-state index >= 15 is 0 Å². The van der Waals surface area contributed by atoms with Crippen LogP contribution in [0.1, 0.15) is 45.6 Å². The number of carbonyl (C=O) groups excluding carboxylic acids is 3. The van der Waals surface area contributed by atoms with E-state index in [0.717, 1.165) is 11.3 Å². The number of hydrogen-bond acceptors (Lipinski definition) is 8. The molecule has 0 spiro atoms. The molecule has 202 valence electrons. The van der Waals surface area contributed by atoms with Crippen LogP contribution >= 0.6 is 0 Å². The van der Waals surface area contributed by atoms with E-state index in [4.69, 9.17) is 23.9 Å².